The van der Waals surface area contributed by atoms with E-state index in [2.05, 4.69) is 6.07 Å². The van der Waals surface area contributed by atoms with Gasteiger partial charge in [0.1, 0.15) is 0 Å². The molecule has 1 N–H and O–H groups in total. The fraction of sp³-hybridized carbons (Fsp3) is 0.500. The Hall–Kier alpha value is -1.55. The molecule has 0 fully saturated rings. The van der Waals surface area contributed by atoms with Crippen LogP contribution in [0.5, 0.6) is 0 Å². The first kappa shape index (κ1) is 12.9. The standard InChI is InChI=1S/C14H19NO3/c1-10(9-16)13-12-6-4-3-5-11(12)7-8-15(13)14(17)18-2/h3-6,10,13,16H,7-9H2,1-2H3/t10-,13+/m0/s1. The second-order valence-electron chi connectivity index (χ2n) is 4.72. The summed E-state index contributed by atoms with van der Waals surface area (Å²) in [5.41, 5.74) is 2.37. The van der Waals surface area contributed by atoms with Gasteiger partial charge in [-0.15, -0.1) is 0 Å². The molecule has 0 aromatic heterocycles. The average molecular weight is 249 g/mol. The Balaban J connectivity index is 2.39. The number of methoxy groups -OCH3 is 1. The van der Waals surface area contributed by atoms with Crippen LogP contribution in [0.1, 0.15) is 24.1 Å². The van der Waals surface area contributed by atoms with Crippen LogP contribution in [0.4, 0.5) is 4.79 Å². The van der Waals surface area contributed by atoms with Gasteiger partial charge in [0.2, 0.25) is 0 Å². The fourth-order valence-electron chi connectivity index (χ4n) is 2.63. The highest BCUT2D eigenvalue weighted by atomic mass is 16.5. The van der Waals surface area contributed by atoms with Gasteiger partial charge in [-0.2, -0.15) is 0 Å². The average Bonchev–Trinajstić information content (AvgIpc) is 2.44. The van der Waals surface area contributed by atoms with Crippen molar-refractivity contribution >= 4 is 6.09 Å². The van der Waals surface area contributed by atoms with Crippen LogP contribution < -0.4 is 0 Å². The molecular weight excluding hydrogens is 230 g/mol. The van der Waals surface area contributed by atoms with Gasteiger partial charge in [0.25, 0.3) is 0 Å². The summed E-state index contributed by atoms with van der Waals surface area (Å²) in [6.07, 6.45) is 0.509. The molecule has 1 aromatic rings. The molecule has 2 rings (SSSR count). The molecule has 2 atom stereocenters. The van der Waals surface area contributed by atoms with Gasteiger partial charge in [-0.05, 0) is 17.5 Å². The minimum Gasteiger partial charge on any atom is -0.453 e. The summed E-state index contributed by atoms with van der Waals surface area (Å²) in [6, 6.07) is 7.99. The van der Waals surface area contributed by atoms with E-state index in [9.17, 15) is 9.90 Å². The van der Waals surface area contributed by atoms with E-state index >= 15 is 0 Å². The molecule has 18 heavy (non-hydrogen) atoms. The molecule has 1 heterocycles. The summed E-state index contributed by atoms with van der Waals surface area (Å²) >= 11 is 0. The number of rotatable bonds is 2. The summed E-state index contributed by atoms with van der Waals surface area (Å²) in [7, 11) is 1.39. The largest absolute Gasteiger partial charge is 0.453 e. The first-order chi connectivity index (χ1) is 8.69. The summed E-state index contributed by atoms with van der Waals surface area (Å²) in [5.74, 6) is -0.00875. The van der Waals surface area contributed by atoms with E-state index in [-0.39, 0.29) is 24.7 Å². The number of carbonyl (C=O) groups is 1. The van der Waals surface area contributed by atoms with Crippen molar-refractivity contribution in [1.82, 2.24) is 4.90 Å². The van der Waals surface area contributed by atoms with Crippen LogP contribution in [0.25, 0.3) is 0 Å². The second kappa shape index (κ2) is 5.40. The van der Waals surface area contributed by atoms with E-state index in [0.29, 0.717) is 6.54 Å². The smallest absolute Gasteiger partial charge is 0.410 e. The van der Waals surface area contributed by atoms with E-state index in [4.69, 9.17) is 4.74 Å². The molecule has 0 unspecified atom stereocenters. The second-order valence-corrected chi connectivity index (χ2v) is 4.72. The summed E-state index contributed by atoms with van der Waals surface area (Å²) in [6.45, 7) is 2.63. The Labute approximate surface area is 107 Å². The highest BCUT2D eigenvalue weighted by molar-refractivity contribution is 5.69. The van der Waals surface area contributed by atoms with Crippen molar-refractivity contribution in [2.45, 2.75) is 19.4 Å². The zero-order valence-electron chi connectivity index (χ0n) is 10.8. The molecular formula is C14H19NO3. The van der Waals surface area contributed by atoms with E-state index < -0.39 is 0 Å². The van der Waals surface area contributed by atoms with Gasteiger partial charge in [-0.25, -0.2) is 4.79 Å². The maximum absolute atomic E-state index is 11.8. The number of hydrogen-bond acceptors (Lipinski definition) is 3. The van der Waals surface area contributed by atoms with Gasteiger partial charge in [0, 0.05) is 19.1 Å². The zero-order chi connectivity index (χ0) is 13.1. The monoisotopic (exact) mass is 249 g/mol. The van der Waals surface area contributed by atoms with Crippen molar-refractivity contribution in [1.29, 1.82) is 0 Å². The topological polar surface area (TPSA) is 49.8 Å². The number of ether oxygens (including phenoxy) is 1. The molecule has 98 valence electrons. The number of amides is 1. The van der Waals surface area contributed by atoms with Gasteiger partial charge < -0.3 is 14.7 Å². The molecule has 1 aliphatic heterocycles. The molecule has 1 aromatic carbocycles. The Kier molecular flexibility index (Phi) is 3.87. The van der Waals surface area contributed by atoms with E-state index in [1.54, 1.807) is 4.90 Å². The first-order valence-corrected chi connectivity index (χ1v) is 6.22. The van der Waals surface area contributed by atoms with Crippen molar-refractivity contribution in [3.63, 3.8) is 0 Å². The summed E-state index contributed by atoms with van der Waals surface area (Å²) in [4.78, 5) is 13.5. The zero-order valence-corrected chi connectivity index (χ0v) is 10.8. The van der Waals surface area contributed by atoms with Crippen LogP contribution in [0.15, 0.2) is 24.3 Å². The van der Waals surface area contributed by atoms with Gasteiger partial charge in [-0.3, -0.25) is 0 Å². The third-order valence-electron chi connectivity index (χ3n) is 3.57. The molecule has 1 aliphatic rings. The highest BCUT2D eigenvalue weighted by Crippen LogP contribution is 2.35. The fourth-order valence-corrected chi connectivity index (χ4v) is 2.63. The van der Waals surface area contributed by atoms with E-state index in [1.807, 2.05) is 25.1 Å². The molecule has 0 saturated heterocycles. The molecule has 0 aliphatic carbocycles. The molecule has 0 radical (unpaired) electrons. The Bertz CT molecular complexity index is 433. The summed E-state index contributed by atoms with van der Waals surface area (Å²) in [5, 5.41) is 9.41. The van der Waals surface area contributed by atoms with Crippen molar-refractivity contribution < 1.29 is 14.6 Å². The lowest BCUT2D eigenvalue weighted by Crippen LogP contribution is -2.43. The van der Waals surface area contributed by atoms with Crippen molar-refractivity contribution in [2.24, 2.45) is 5.92 Å². The number of fused-ring (bicyclic) bond motifs is 1. The predicted molar refractivity (Wildman–Crippen MR) is 68.2 cm³/mol. The number of nitrogens with zero attached hydrogens (tertiary/aromatic N) is 1. The van der Waals surface area contributed by atoms with Crippen LogP contribution in [0.2, 0.25) is 0 Å². The minimum absolute atomic E-state index is 0.00875. The van der Waals surface area contributed by atoms with Crippen LogP contribution >= 0.6 is 0 Å². The maximum Gasteiger partial charge on any atom is 0.410 e. The molecule has 0 bridgehead atoms. The van der Waals surface area contributed by atoms with Crippen LogP contribution in [-0.4, -0.2) is 36.4 Å². The van der Waals surface area contributed by atoms with E-state index in [1.165, 1.54) is 12.7 Å². The number of aliphatic hydroxyl groups is 1. The first-order valence-electron chi connectivity index (χ1n) is 6.22. The maximum atomic E-state index is 11.8. The van der Waals surface area contributed by atoms with E-state index in [0.717, 1.165) is 12.0 Å². The van der Waals surface area contributed by atoms with Gasteiger partial charge in [0.15, 0.2) is 0 Å². The molecule has 0 saturated carbocycles. The highest BCUT2D eigenvalue weighted by Gasteiger charge is 2.34. The summed E-state index contributed by atoms with van der Waals surface area (Å²) < 4.78 is 4.83. The third-order valence-corrected chi connectivity index (χ3v) is 3.57. The molecule has 4 heteroatoms. The number of carbonyl (C=O) groups excluding carboxylic acids is 1. The molecule has 1 amide bonds. The number of benzene rings is 1. The minimum atomic E-state index is -0.324. The lowest BCUT2D eigenvalue weighted by molar-refractivity contribution is 0.0708. The Morgan fingerprint density at radius 3 is 2.94 bits per heavy atom. The van der Waals surface area contributed by atoms with Crippen molar-refractivity contribution in [3.8, 4) is 0 Å². The van der Waals surface area contributed by atoms with Crippen LogP contribution in [0.3, 0.4) is 0 Å². The number of hydrogen-bond donors (Lipinski definition) is 1. The van der Waals surface area contributed by atoms with Crippen molar-refractivity contribution in [2.75, 3.05) is 20.3 Å². The quantitative estimate of drug-likeness (QED) is 0.872. The lowest BCUT2D eigenvalue weighted by Gasteiger charge is -2.39. The third kappa shape index (κ3) is 2.20. The predicted octanol–water partition coefficient (Wildman–Crippen LogP) is 1.98. The Morgan fingerprint density at radius 1 is 1.56 bits per heavy atom. The van der Waals surface area contributed by atoms with Gasteiger partial charge >= 0.3 is 6.09 Å². The van der Waals surface area contributed by atoms with Gasteiger partial charge in [-0.1, -0.05) is 31.2 Å². The number of aliphatic hydroxyl groups excluding tert-OH is 1. The molecule has 0 spiro atoms. The SMILES string of the molecule is COC(=O)N1CCc2ccccc2[C@H]1[C@@H](C)CO. The van der Waals surface area contributed by atoms with Gasteiger partial charge in [0.05, 0.1) is 13.2 Å². The van der Waals surface area contributed by atoms with Crippen LogP contribution in [-0.2, 0) is 11.2 Å². The van der Waals surface area contributed by atoms with Crippen molar-refractivity contribution in [3.05, 3.63) is 35.4 Å². The molecule has 4 nitrogen and oxygen atoms in total. The normalized spacial score (nSPS) is 20.2. The van der Waals surface area contributed by atoms with Crippen LogP contribution in [0, 0.1) is 5.92 Å². The lowest BCUT2D eigenvalue weighted by atomic mass is 9.86. The Morgan fingerprint density at radius 2 is 2.28 bits per heavy atom.